The van der Waals surface area contributed by atoms with Gasteiger partial charge in [-0.15, -0.1) is 0 Å². The number of benzene rings is 2. The van der Waals surface area contributed by atoms with Gasteiger partial charge in [0.05, 0.1) is 29.1 Å². The van der Waals surface area contributed by atoms with E-state index in [1.165, 1.54) is 24.3 Å². The summed E-state index contributed by atoms with van der Waals surface area (Å²) in [6, 6.07) is 9.28. The van der Waals surface area contributed by atoms with E-state index in [0.29, 0.717) is 32.8 Å². The lowest BCUT2D eigenvalue weighted by Gasteiger charge is -2.27. The Morgan fingerprint density at radius 1 is 1.05 bits per heavy atom. The lowest BCUT2D eigenvalue weighted by Crippen LogP contribution is -2.38. The van der Waals surface area contributed by atoms with Crippen LogP contribution in [-0.4, -0.2) is 63.3 Å². The Morgan fingerprint density at radius 2 is 1.77 bits per heavy atom. The number of hydrogen-bond donors (Lipinski definition) is 0. The first-order chi connectivity index (χ1) is 18.6. The number of morpholine rings is 1. The third-order valence-electron chi connectivity index (χ3n) is 5.81. The molecule has 1 fully saturated rings. The number of anilines is 2. The van der Waals surface area contributed by atoms with Crippen molar-refractivity contribution in [3.05, 3.63) is 68.9 Å². The molecule has 1 aliphatic heterocycles. The summed E-state index contributed by atoms with van der Waals surface area (Å²) < 4.78 is 70.4. The predicted octanol–water partition coefficient (Wildman–Crippen LogP) is 3.84. The average Bonchev–Trinajstić information content (AvgIpc) is 3.53. The van der Waals surface area contributed by atoms with E-state index in [2.05, 4.69) is 40.9 Å². The molecule has 0 spiro atoms. The molecule has 16 heteroatoms. The molecule has 2 aromatic heterocycles. The molecule has 11 nitrogen and oxygen atoms in total. The normalized spacial score (nSPS) is 14.5. The van der Waals surface area contributed by atoms with Gasteiger partial charge in [0.25, 0.3) is 0 Å². The highest BCUT2D eigenvalue weighted by atomic mass is 79.9. The Bertz CT molecular complexity index is 1550. The summed E-state index contributed by atoms with van der Waals surface area (Å²) in [7, 11) is 0. The van der Waals surface area contributed by atoms with Gasteiger partial charge in [0.1, 0.15) is 5.82 Å². The van der Waals surface area contributed by atoms with Crippen LogP contribution in [0.4, 0.5) is 29.1 Å². The number of alkyl halides is 3. The maximum Gasteiger partial charge on any atom is 0.472 e. The summed E-state index contributed by atoms with van der Waals surface area (Å²) in [5, 5.41) is 10.7. The molecule has 0 radical (unpaired) electrons. The van der Waals surface area contributed by atoms with Gasteiger partial charge in [-0.3, -0.25) is 19.1 Å². The van der Waals surface area contributed by atoms with E-state index in [1.807, 2.05) is 0 Å². The lowest BCUT2D eigenvalue weighted by molar-refractivity contribution is -0.169. The molecule has 0 aliphatic carbocycles. The van der Waals surface area contributed by atoms with Gasteiger partial charge < -0.3 is 4.74 Å². The van der Waals surface area contributed by atoms with Crippen molar-refractivity contribution in [2.24, 2.45) is 0 Å². The fourth-order valence-corrected chi connectivity index (χ4v) is 4.32. The molecule has 0 atom stereocenters. The van der Waals surface area contributed by atoms with Crippen molar-refractivity contribution in [2.45, 2.75) is 12.7 Å². The Hall–Kier alpha value is -3.89. The number of rotatable bonds is 6. The van der Waals surface area contributed by atoms with Gasteiger partial charge >= 0.3 is 17.8 Å². The molecular formula is C23H17BrF4N6O5. The van der Waals surface area contributed by atoms with Crippen LogP contribution in [0.25, 0.3) is 17.2 Å². The maximum absolute atomic E-state index is 13.8. The number of carbonyl (C=O) groups excluding carboxylic acids is 1. The van der Waals surface area contributed by atoms with Crippen molar-refractivity contribution in [1.82, 2.24) is 24.9 Å². The van der Waals surface area contributed by atoms with Crippen LogP contribution in [0.15, 0.2) is 60.9 Å². The summed E-state index contributed by atoms with van der Waals surface area (Å²) in [6.07, 6.45) is -5.31. The zero-order valence-corrected chi connectivity index (χ0v) is 21.3. The number of ether oxygens (including phenoxy) is 1. The molecule has 0 unspecified atom stereocenters. The van der Waals surface area contributed by atoms with Crippen molar-refractivity contribution >= 4 is 33.3 Å². The van der Waals surface area contributed by atoms with Gasteiger partial charge in [0, 0.05) is 19.6 Å². The van der Waals surface area contributed by atoms with Gasteiger partial charge in [0.15, 0.2) is 5.69 Å². The number of hydrogen-bond acceptors (Lipinski definition) is 9. The topological polar surface area (TPSA) is 120 Å². The fourth-order valence-electron chi connectivity index (χ4n) is 3.95. The second kappa shape index (κ2) is 10.7. The minimum absolute atomic E-state index is 0.0106. The highest BCUT2D eigenvalue weighted by Crippen LogP contribution is 2.36. The summed E-state index contributed by atoms with van der Waals surface area (Å²) in [6.45, 7) is 3.11. The Morgan fingerprint density at radius 3 is 2.44 bits per heavy atom. The van der Waals surface area contributed by atoms with E-state index in [0.717, 1.165) is 16.2 Å². The van der Waals surface area contributed by atoms with Gasteiger partial charge in [-0.1, -0.05) is 17.3 Å². The largest absolute Gasteiger partial charge is 0.472 e. The maximum atomic E-state index is 13.8. The molecule has 5 rings (SSSR count). The molecule has 1 saturated heterocycles. The average molecular weight is 613 g/mol. The molecular weight excluding hydrogens is 596 g/mol. The smallest absolute Gasteiger partial charge is 0.379 e. The SMILES string of the molecule is O=C(N(c1ccc(CN2CCOCC2)cc1)c1nonc1-c1noc(=O)n1-c1ccc(F)c(Br)c1)C(F)(F)F. The Balaban J connectivity index is 1.56. The quantitative estimate of drug-likeness (QED) is 0.299. The number of amides is 1. The van der Waals surface area contributed by atoms with Crippen LogP contribution in [0.2, 0.25) is 0 Å². The second-order valence-electron chi connectivity index (χ2n) is 8.34. The summed E-state index contributed by atoms with van der Waals surface area (Å²) in [5.74, 6) is -5.10. The zero-order chi connectivity index (χ0) is 27.7. The van der Waals surface area contributed by atoms with Crippen LogP contribution >= 0.6 is 15.9 Å². The second-order valence-corrected chi connectivity index (χ2v) is 9.19. The molecule has 3 heterocycles. The van der Waals surface area contributed by atoms with Crippen LogP contribution in [0.5, 0.6) is 0 Å². The molecule has 4 aromatic rings. The van der Waals surface area contributed by atoms with E-state index in [-0.39, 0.29) is 20.7 Å². The lowest BCUT2D eigenvalue weighted by atomic mass is 10.1. The van der Waals surface area contributed by atoms with E-state index in [1.54, 1.807) is 12.1 Å². The van der Waals surface area contributed by atoms with Crippen LogP contribution in [0.1, 0.15) is 5.56 Å². The third kappa shape index (κ3) is 5.48. The Kier molecular flexibility index (Phi) is 7.33. The molecule has 0 bridgehead atoms. The van der Waals surface area contributed by atoms with Crippen LogP contribution in [0.3, 0.4) is 0 Å². The molecule has 1 aliphatic rings. The summed E-state index contributed by atoms with van der Waals surface area (Å²) in [4.78, 5) is 27.4. The van der Waals surface area contributed by atoms with Crippen molar-refractivity contribution in [3.63, 3.8) is 0 Å². The molecule has 39 heavy (non-hydrogen) atoms. The summed E-state index contributed by atoms with van der Waals surface area (Å²) in [5.41, 5.74) is 0.142. The highest BCUT2D eigenvalue weighted by Gasteiger charge is 2.46. The zero-order valence-electron chi connectivity index (χ0n) is 19.7. The first-order valence-corrected chi connectivity index (χ1v) is 12.1. The molecule has 204 valence electrons. The first-order valence-electron chi connectivity index (χ1n) is 11.3. The Labute approximate surface area is 224 Å². The monoisotopic (exact) mass is 612 g/mol. The number of halogens is 5. The van der Waals surface area contributed by atoms with E-state index < -0.39 is 41.0 Å². The van der Waals surface area contributed by atoms with E-state index in [9.17, 15) is 27.2 Å². The number of nitrogens with zero attached hydrogens (tertiary/aromatic N) is 6. The van der Waals surface area contributed by atoms with Crippen molar-refractivity contribution in [3.8, 4) is 17.2 Å². The van der Waals surface area contributed by atoms with Gasteiger partial charge in [-0.05, 0) is 62.1 Å². The fraction of sp³-hybridized carbons (Fsp3) is 0.261. The standard InChI is InChI=1S/C23H17BrF4N6O5/c24-16-11-15(5-6-17(16)25)34-19(30-38-22(34)36)18-20(31-39-29-18)33(21(35)23(26,27)28)14-3-1-13(2-4-14)12-32-7-9-37-10-8-32/h1-6,11H,7-10,12H2. The first kappa shape index (κ1) is 26.7. The molecule has 1 amide bonds. The van der Waals surface area contributed by atoms with Gasteiger partial charge in [-0.2, -0.15) is 13.2 Å². The minimum atomic E-state index is -5.31. The van der Waals surface area contributed by atoms with Crippen LogP contribution in [0, 0.1) is 5.82 Å². The number of carbonyl (C=O) groups is 1. The van der Waals surface area contributed by atoms with E-state index in [4.69, 9.17) is 9.26 Å². The third-order valence-corrected chi connectivity index (χ3v) is 6.42. The predicted molar refractivity (Wildman–Crippen MR) is 129 cm³/mol. The van der Waals surface area contributed by atoms with E-state index >= 15 is 0 Å². The molecule has 2 aromatic carbocycles. The highest BCUT2D eigenvalue weighted by molar-refractivity contribution is 9.10. The van der Waals surface area contributed by atoms with Gasteiger partial charge in [-0.25, -0.2) is 18.4 Å². The van der Waals surface area contributed by atoms with Crippen molar-refractivity contribution in [2.75, 3.05) is 31.2 Å². The van der Waals surface area contributed by atoms with Gasteiger partial charge in [0.2, 0.25) is 11.6 Å². The number of aromatic nitrogens is 4. The van der Waals surface area contributed by atoms with Crippen molar-refractivity contribution in [1.29, 1.82) is 0 Å². The van der Waals surface area contributed by atoms with Crippen LogP contribution in [-0.2, 0) is 16.1 Å². The summed E-state index contributed by atoms with van der Waals surface area (Å²) >= 11 is 3.00. The molecule has 0 saturated carbocycles. The molecule has 0 N–H and O–H groups in total. The minimum Gasteiger partial charge on any atom is -0.379 e. The van der Waals surface area contributed by atoms with Crippen molar-refractivity contribution < 1.29 is 36.2 Å². The van der Waals surface area contributed by atoms with Crippen LogP contribution < -0.4 is 10.7 Å².